The normalized spacial score (nSPS) is 14.2. The summed E-state index contributed by atoms with van der Waals surface area (Å²) < 4.78 is 0. The number of aryl methyl sites for hydroxylation is 1. The first-order chi connectivity index (χ1) is 11.6. The zero-order chi connectivity index (χ0) is 17.1. The monoisotopic (exact) mass is 328 g/mol. The summed E-state index contributed by atoms with van der Waals surface area (Å²) in [6.07, 6.45) is 1.92. The number of imide groups is 1. The molecule has 2 N–H and O–H groups in total. The van der Waals surface area contributed by atoms with Gasteiger partial charge in [0.05, 0.1) is 18.8 Å². The summed E-state index contributed by atoms with van der Waals surface area (Å²) in [5.41, 5.74) is 1.55. The number of nitrogens with zero attached hydrogens (tertiary/aromatic N) is 5. The van der Waals surface area contributed by atoms with E-state index < -0.39 is 11.8 Å². The molecular weight excluding hydrogens is 312 g/mol. The minimum Gasteiger partial charge on any atom is -0.395 e. The van der Waals surface area contributed by atoms with Gasteiger partial charge in [-0.15, -0.1) is 15.0 Å². The van der Waals surface area contributed by atoms with Crippen molar-refractivity contribution in [3.8, 4) is 5.69 Å². The van der Waals surface area contributed by atoms with Gasteiger partial charge in [-0.1, -0.05) is 6.92 Å². The Bertz CT molecular complexity index is 796. The predicted molar refractivity (Wildman–Crippen MR) is 84.0 cm³/mol. The van der Waals surface area contributed by atoms with Crippen molar-refractivity contribution in [2.75, 3.05) is 18.5 Å². The van der Waals surface area contributed by atoms with Crippen LogP contribution < -0.4 is 5.32 Å². The molecule has 9 heteroatoms. The molecule has 1 aromatic carbocycles. The number of hydrogen-bond donors (Lipinski definition) is 2. The predicted octanol–water partition coefficient (Wildman–Crippen LogP) is -0.118. The zero-order valence-electron chi connectivity index (χ0n) is 13.0. The number of nitrogens with one attached hydrogen (secondary N) is 1. The third-order valence-corrected chi connectivity index (χ3v) is 3.48. The number of aliphatic hydroxyl groups is 1. The van der Waals surface area contributed by atoms with Crippen LogP contribution in [0.3, 0.4) is 0 Å². The molecule has 1 aliphatic rings. The standard InChI is InChI=1S/C15H16N6O3/c1-2-13-17-19-21(18-13)11-5-3-10(4-6-11)16-12-9-14(23)20(7-8-22)15(12)24/h3-6,9,16,22H,2,7-8H2,1H3. The van der Waals surface area contributed by atoms with Gasteiger partial charge in [0.1, 0.15) is 5.70 Å². The molecule has 0 bridgehead atoms. The van der Waals surface area contributed by atoms with E-state index >= 15 is 0 Å². The lowest BCUT2D eigenvalue weighted by Gasteiger charge is -2.13. The summed E-state index contributed by atoms with van der Waals surface area (Å²) in [7, 11) is 0. The largest absolute Gasteiger partial charge is 0.395 e. The van der Waals surface area contributed by atoms with Crippen LogP contribution >= 0.6 is 0 Å². The number of anilines is 1. The lowest BCUT2D eigenvalue weighted by molar-refractivity contribution is -0.137. The van der Waals surface area contributed by atoms with Crippen molar-refractivity contribution in [2.45, 2.75) is 13.3 Å². The van der Waals surface area contributed by atoms with Crippen molar-refractivity contribution < 1.29 is 14.7 Å². The van der Waals surface area contributed by atoms with Crippen molar-refractivity contribution in [3.05, 3.63) is 41.9 Å². The first-order valence-electron chi connectivity index (χ1n) is 7.47. The molecule has 9 nitrogen and oxygen atoms in total. The highest BCUT2D eigenvalue weighted by molar-refractivity contribution is 6.17. The molecule has 3 rings (SSSR count). The number of tetrazole rings is 1. The smallest absolute Gasteiger partial charge is 0.277 e. The highest BCUT2D eigenvalue weighted by atomic mass is 16.3. The second-order valence-corrected chi connectivity index (χ2v) is 5.10. The molecular formula is C15H16N6O3. The van der Waals surface area contributed by atoms with Crippen molar-refractivity contribution in [3.63, 3.8) is 0 Å². The van der Waals surface area contributed by atoms with Crippen molar-refractivity contribution in [2.24, 2.45) is 0 Å². The second kappa shape index (κ2) is 6.59. The Kier molecular flexibility index (Phi) is 4.34. The molecule has 0 spiro atoms. The fourth-order valence-electron chi connectivity index (χ4n) is 2.24. The SMILES string of the molecule is CCc1nnn(-c2ccc(NC3=CC(=O)N(CCO)C3=O)cc2)n1. The number of aromatic nitrogens is 4. The van der Waals surface area contributed by atoms with Crippen LogP contribution in [0, 0.1) is 0 Å². The molecule has 0 saturated heterocycles. The van der Waals surface area contributed by atoms with Crippen LogP contribution in [0.1, 0.15) is 12.7 Å². The maximum Gasteiger partial charge on any atom is 0.277 e. The molecule has 1 aromatic heterocycles. The maximum atomic E-state index is 12.1. The van der Waals surface area contributed by atoms with Gasteiger partial charge in [-0.3, -0.25) is 14.5 Å². The summed E-state index contributed by atoms with van der Waals surface area (Å²) in [6.45, 7) is 1.66. The maximum absolute atomic E-state index is 12.1. The van der Waals surface area contributed by atoms with Gasteiger partial charge in [0.25, 0.3) is 11.8 Å². The molecule has 2 aromatic rings. The Labute approximate surface area is 137 Å². The van der Waals surface area contributed by atoms with Crippen molar-refractivity contribution >= 4 is 17.5 Å². The number of β-amino-alcohol motifs (C(OH)–C–C–N with tert-alkyl or cyclic N) is 1. The molecule has 0 saturated carbocycles. The third kappa shape index (κ3) is 3.01. The quantitative estimate of drug-likeness (QED) is 0.711. The third-order valence-electron chi connectivity index (χ3n) is 3.48. The van der Waals surface area contributed by atoms with Gasteiger partial charge in [-0.2, -0.15) is 0 Å². The molecule has 0 atom stereocenters. The molecule has 0 aliphatic carbocycles. The van der Waals surface area contributed by atoms with E-state index in [-0.39, 0.29) is 18.8 Å². The van der Waals surface area contributed by atoms with Crippen molar-refractivity contribution in [1.82, 2.24) is 25.1 Å². The van der Waals surface area contributed by atoms with E-state index in [1.54, 1.807) is 24.3 Å². The van der Waals surface area contributed by atoms with Gasteiger partial charge in [-0.05, 0) is 29.5 Å². The lowest BCUT2D eigenvalue weighted by Crippen LogP contribution is -2.34. The van der Waals surface area contributed by atoms with Gasteiger partial charge in [0.15, 0.2) is 5.82 Å². The van der Waals surface area contributed by atoms with Crippen LogP contribution in [0.4, 0.5) is 5.69 Å². The average molecular weight is 328 g/mol. The van der Waals surface area contributed by atoms with Crippen LogP contribution in [-0.4, -0.2) is 55.2 Å². The van der Waals surface area contributed by atoms with Crippen LogP contribution in [0.15, 0.2) is 36.0 Å². The fraction of sp³-hybridized carbons (Fsp3) is 0.267. The molecule has 0 unspecified atom stereocenters. The van der Waals surface area contributed by atoms with Crippen LogP contribution in [0.2, 0.25) is 0 Å². The number of aliphatic hydroxyl groups excluding tert-OH is 1. The van der Waals surface area contributed by atoms with Gasteiger partial charge in [0, 0.05) is 18.2 Å². The van der Waals surface area contributed by atoms with Gasteiger partial charge in [-0.25, -0.2) is 0 Å². The second-order valence-electron chi connectivity index (χ2n) is 5.10. The Hall–Kier alpha value is -3.07. The topological polar surface area (TPSA) is 113 Å². The number of benzene rings is 1. The van der Waals surface area contributed by atoms with E-state index in [2.05, 4.69) is 20.7 Å². The minimum absolute atomic E-state index is 0.0178. The van der Waals surface area contributed by atoms with E-state index in [0.29, 0.717) is 17.9 Å². The van der Waals surface area contributed by atoms with E-state index in [4.69, 9.17) is 5.11 Å². The summed E-state index contributed by atoms with van der Waals surface area (Å²) >= 11 is 0. The Morgan fingerprint density at radius 3 is 2.58 bits per heavy atom. The number of carbonyl (C=O) groups is 2. The zero-order valence-corrected chi connectivity index (χ0v) is 13.0. The van der Waals surface area contributed by atoms with Crippen LogP contribution in [0.25, 0.3) is 5.69 Å². The minimum atomic E-state index is -0.455. The van der Waals surface area contributed by atoms with E-state index in [9.17, 15) is 9.59 Å². The molecule has 2 amide bonds. The summed E-state index contributed by atoms with van der Waals surface area (Å²) in [6, 6.07) is 7.04. The number of amides is 2. The molecule has 1 aliphatic heterocycles. The summed E-state index contributed by atoms with van der Waals surface area (Å²) in [4.78, 5) is 26.2. The van der Waals surface area contributed by atoms with Gasteiger partial charge < -0.3 is 10.4 Å². The highest BCUT2D eigenvalue weighted by Crippen LogP contribution is 2.18. The Morgan fingerprint density at radius 2 is 1.96 bits per heavy atom. The first kappa shape index (κ1) is 15.8. The number of hydrogen-bond acceptors (Lipinski definition) is 7. The van der Waals surface area contributed by atoms with Gasteiger partial charge >= 0.3 is 0 Å². The number of rotatable bonds is 6. The molecule has 0 fully saturated rings. The van der Waals surface area contributed by atoms with Crippen LogP contribution in [-0.2, 0) is 16.0 Å². The van der Waals surface area contributed by atoms with Crippen LogP contribution in [0.5, 0.6) is 0 Å². The molecule has 124 valence electrons. The van der Waals surface area contributed by atoms with Gasteiger partial charge in [0.2, 0.25) is 0 Å². The Balaban J connectivity index is 1.72. The van der Waals surface area contributed by atoms with E-state index in [1.165, 1.54) is 10.9 Å². The fourth-order valence-corrected chi connectivity index (χ4v) is 2.24. The first-order valence-corrected chi connectivity index (χ1v) is 7.47. The Morgan fingerprint density at radius 1 is 1.21 bits per heavy atom. The van der Waals surface area contributed by atoms with E-state index in [0.717, 1.165) is 10.6 Å². The lowest BCUT2D eigenvalue weighted by atomic mass is 10.2. The molecule has 2 heterocycles. The summed E-state index contributed by atoms with van der Waals surface area (Å²) in [5.74, 6) is -0.239. The van der Waals surface area contributed by atoms with E-state index in [1.807, 2.05) is 6.92 Å². The van der Waals surface area contributed by atoms with Crippen molar-refractivity contribution in [1.29, 1.82) is 0 Å². The molecule has 24 heavy (non-hydrogen) atoms. The average Bonchev–Trinajstić information content (AvgIpc) is 3.17. The highest BCUT2D eigenvalue weighted by Gasteiger charge is 2.30. The molecule has 0 radical (unpaired) electrons. The summed E-state index contributed by atoms with van der Waals surface area (Å²) in [5, 5.41) is 23.9. The number of carbonyl (C=O) groups excluding carboxylic acids is 2.